The Morgan fingerprint density at radius 3 is 1.27 bits per heavy atom. The van der Waals surface area contributed by atoms with Crippen LogP contribution in [0.1, 0.15) is 0 Å². The van der Waals surface area contributed by atoms with Crippen LogP contribution in [-0.4, -0.2) is 18.2 Å². The number of hydrogen-bond acceptors (Lipinski definition) is 6. The van der Waals surface area contributed by atoms with E-state index in [0.29, 0.717) is 22.3 Å². The molecule has 168 valence electrons. The molecule has 4 aromatic rings. The maximum atomic E-state index is 14.3. The van der Waals surface area contributed by atoms with Gasteiger partial charge in [-0.15, -0.1) is 0 Å². The van der Waals surface area contributed by atoms with Gasteiger partial charge in [0.1, 0.15) is 0 Å². The van der Waals surface area contributed by atoms with E-state index in [1.165, 1.54) is 0 Å². The van der Waals surface area contributed by atoms with Crippen molar-refractivity contribution in [2.45, 2.75) is 0 Å². The topological polar surface area (TPSA) is 93.1 Å². The Balaban J connectivity index is 1.61. The molecular weight excluding hydrogens is 478 g/mol. The number of fused-ring (bicyclic) bond motifs is 6. The fraction of sp³-hybridized carbons (Fsp3) is 0. The Morgan fingerprint density at radius 2 is 0.848 bits per heavy atom. The molecule has 0 fully saturated rings. The first-order chi connectivity index (χ1) is 15.9. The van der Waals surface area contributed by atoms with Crippen LogP contribution in [-0.2, 0) is 9.08 Å². The molecule has 0 saturated heterocycles. The fourth-order valence-electron chi connectivity index (χ4n) is 4.54. The van der Waals surface area contributed by atoms with E-state index in [2.05, 4.69) is 0 Å². The van der Waals surface area contributed by atoms with Gasteiger partial charge >= 0.3 is 192 Å². The molecule has 0 saturated carbocycles. The molecular formula is C24H20O6P2S. The first-order valence-corrected chi connectivity index (χ1v) is 17.0. The summed E-state index contributed by atoms with van der Waals surface area (Å²) in [6.07, 6.45) is 0. The molecule has 0 bridgehead atoms. The van der Waals surface area contributed by atoms with Gasteiger partial charge in [0.2, 0.25) is 0 Å². The van der Waals surface area contributed by atoms with Crippen molar-refractivity contribution < 1.29 is 27.3 Å². The molecule has 0 spiro atoms. The van der Waals surface area contributed by atoms with Crippen LogP contribution in [0.3, 0.4) is 0 Å². The van der Waals surface area contributed by atoms with Gasteiger partial charge in [0, 0.05) is 0 Å². The van der Waals surface area contributed by atoms with Crippen molar-refractivity contribution in [2.24, 2.45) is 0 Å². The third kappa shape index (κ3) is 2.72. The van der Waals surface area contributed by atoms with Gasteiger partial charge in [-0.3, -0.25) is 0 Å². The Hall–Kier alpha value is -2.79. The van der Waals surface area contributed by atoms with Crippen molar-refractivity contribution in [3.05, 3.63) is 97.1 Å². The monoisotopic (exact) mass is 498 g/mol. The van der Waals surface area contributed by atoms with Crippen molar-refractivity contribution in [3.8, 4) is 33.8 Å². The van der Waals surface area contributed by atoms with Crippen LogP contribution in [0.2, 0.25) is 0 Å². The van der Waals surface area contributed by atoms with E-state index in [1.807, 2.05) is 24.3 Å². The Labute approximate surface area is 191 Å². The van der Waals surface area contributed by atoms with Crippen LogP contribution in [0, 0.1) is 0 Å². The summed E-state index contributed by atoms with van der Waals surface area (Å²) in [4.78, 5) is 23.8. The van der Waals surface area contributed by atoms with Gasteiger partial charge < -0.3 is 0 Å². The van der Waals surface area contributed by atoms with Crippen LogP contribution in [0.25, 0.3) is 22.3 Å². The van der Waals surface area contributed by atoms with Gasteiger partial charge in [0.15, 0.2) is 0 Å². The summed E-state index contributed by atoms with van der Waals surface area (Å²) < 4.78 is 40.5. The number of para-hydroxylation sites is 2. The van der Waals surface area contributed by atoms with Crippen LogP contribution in [0.5, 0.6) is 11.5 Å². The average Bonchev–Trinajstić information content (AvgIpc) is 2.84. The zero-order valence-electron chi connectivity index (χ0n) is 17.2. The Kier molecular flexibility index (Phi) is 4.47. The summed E-state index contributed by atoms with van der Waals surface area (Å²) >= 11 is 0. The van der Waals surface area contributed by atoms with Crippen molar-refractivity contribution in [1.82, 2.24) is 0 Å². The molecule has 33 heavy (non-hydrogen) atoms. The van der Waals surface area contributed by atoms with E-state index in [9.17, 15) is 18.2 Å². The van der Waals surface area contributed by atoms with Crippen LogP contribution >= 0.6 is 13.8 Å². The molecule has 0 atom stereocenters. The van der Waals surface area contributed by atoms with Crippen LogP contribution < -0.4 is 19.7 Å². The normalized spacial score (nSPS) is 18.7. The third-order valence-electron chi connectivity index (χ3n) is 6.11. The summed E-state index contributed by atoms with van der Waals surface area (Å²) in [5.74, 6) is 0.520. The van der Waals surface area contributed by atoms with Crippen molar-refractivity contribution in [3.63, 3.8) is 0 Å². The van der Waals surface area contributed by atoms with Crippen molar-refractivity contribution >= 4 is 33.5 Å². The van der Waals surface area contributed by atoms with Crippen molar-refractivity contribution in [1.29, 1.82) is 0 Å². The summed E-state index contributed by atoms with van der Waals surface area (Å²) in [7, 11) is -4.75. The van der Waals surface area contributed by atoms with E-state index in [1.54, 1.807) is 72.8 Å². The molecule has 2 N–H and O–H groups in total. The SMILES string of the molecule is O=S(=O)([PH]1(O)Oc2ccccc2-c2ccccc21)[PH]1(O)Oc2ccccc2-c2ccccc21. The van der Waals surface area contributed by atoms with Gasteiger partial charge in [-0.05, 0) is 0 Å². The quantitative estimate of drug-likeness (QED) is 0.404. The summed E-state index contributed by atoms with van der Waals surface area (Å²) in [5, 5.41) is 0.342. The summed E-state index contributed by atoms with van der Waals surface area (Å²) in [6, 6.07) is 27.4. The Bertz CT molecular complexity index is 1430. The second-order valence-electron chi connectivity index (χ2n) is 7.95. The second-order valence-corrected chi connectivity index (χ2v) is 20.5. The molecule has 0 radical (unpaired) electrons. The zero-order valence-corrected chi connectivity index (χ0v) is 20.0. The van der Waals surface area contributed by atoms with Crippen molar-refractivity contribution in [2.75, 3.05) is 0 Å². The van der Waals surface area contributed by atoms with E-state index >= 15 is 0 Å². The molecule has 0 unspecified atom stereocenters. The second kappa shape index (κ2) is 7.10. The summed E-state index contributed by atoms with van der Waals surface area (Å²) in [5.41, 5.74) is 2.51. The van der Waals surface area contributed by atoms with Gasteiger partial charge in [-0.1, -0.05) is 0 Å². The maximum absolute atomic E-state index is 14.3. The predicted molar refractivity (Wildman–Crippen MR) is 134 cm³/mol. The molecule has 4 aromatic carbocycles. The fourth-order valence-corrected chi connectivity index (χ4v) is 19.8. The number of benzene rings is 4. The van der Waals surface area contributed by atoms with Crippen LogP contribution in [0.15, 0.2) is 97.1 Å². The minimum absolute atomic E-state index is 0.171. The molecule has 0 aliphatic carbocycles. The molecule has 2 aliphatic heterocycles. The molecule has 9 heteroatoms. The summed E-state index contributed by atoms with van der Waals surface area (Å²) in [6.45, 7) is -9.65. The molecule has 2 heterocycles. The first-order valence-electron chi connectivity index (χ1n) is 10.3. The number of hydrogen-bond donors (Lipinski definition) is 2. The van der Waals surface area contributed by atoms with E-state index in [4.69, 9.17) is 9.05 Å². The molecule has 2 aliphatic rings. The molecule has 0 amide bonds. The minimum atomic E-state index is -4.83. The van der Waals surface area contributed by atoms with E-state index in [0.717, 1.165) is 0 Å². The standard InChI is InChI=1S/C24H20O6P2S/c25-31(23-15-7-3-11-19(23)17-9-1-5-13-21(17)29-31)33(27,28)32(26)24-16-8-4-12-20(24)18-10-2-6-14-22(18)30-32/h1-16,25-26,31-32H. The Morgan fingerprint density at radius 1 is 0.515 bits per heavy atom. The van der Waals surface area contributed by atoms with Crippen LogP contribution in [0.4, 0.5) is 0 Å². The first kappa shape index (κ1) is 20.8. The van der Waals surface area contributed by atoms with E-state index < -0.39 is 22.9 Å². The third-order valence-corrected chi connectivity index (χ3v) is 22.0. The zero-order chi connectivity index (χ0) is 22.8. The predicted octanol–water partition coefficient (Wildman–Crippen LogP) is 4.15. The molecule has 6 nitrogen and oxygen atoms in total. The molecule has 0 aromatic heterocycles. The van der Waals surface area contributed by atoms with E-state index in [-0.39, 0.29) is 22.1 Å². The van der Waals surface area contributed by atoms with Gasteiger partial charge in [-0.2, -0.15) is 0 Å². The van der Waals surface area contributed by atoms with Gasteiger partial charge in [0.05, 0.1) is 0 Å². The van der Waals surface area contributed by atoms with Gasteiger partial charge in [-0.25, -0.2) is 0 Å². The molecule has 6 rings (SSSR count). The average molecular weight is 498 g/mol. The van der Waals surface area contributed by atoms with Gasteiger partial charge in [0.25, 0.3) is 0 Å². The number of rotatable bonds is 2.